The average molecular weight is 267 g/mol. The zero-order valence-corrected chi connectivity index (χ0v) is 10.2. The summed E-state index contributed by atoms with van der Waals surface area (Å²) in [5.41, 5.74) is 0.993. The molecule has 0 fully saturated rings. The number of nitrogens with one attached hydrogen (secondary N) is 2. The summed E-state index contributed by atoms with van der Waals surface area (Å²) in [6.45, 7) is 3.64. The molecule has 0 saturated heterocycles. The van der Waals surface area contributed by atoms with Gasteiger partial charge in [-0.25, -0.2) is 0 Å². The summed E-state index contributed by atoms with van der Waals surface area (Å²) >= 11 is 5.56. The predicted octanol–water partition coefficient (Wildman–Crippen LogP) is 1.50. The van der Waals surface area contributed by atoms with Gasteiger partial charge in [0.05, 0.1) is 12.2 Å². The van der Waals surface area contributed by atoms with Gasteiger partial charge in [0.25, 0.3) is 11.8 Å². The second-order valence-electron chi connectivity index (χ2n) is 3.75. The maximum Gasteiger partial charge on any atom is 0.262 e. The normalized spacial score (nSPS) is 13.1. The predicted molar refractivity (Wildman–Crippen MR) is 67.9 cm³/mol. The average Bonchev–Trinajstić information content (AvgIpc) is 2.35. The number of benzene rings is 1. The van der Waals surface area contributed by atoms with Crippen LogP contribution in [0.15, 0.2) is 29.8 Å². The topological polar surface area (TPSA) is 67.4 Å². The van der Waals surface area contributed by atoms with Crippen molar-refractivity contribution in [1.29, 1.82) is 0 Å². The number of rotatable bonds is 3. The Hall–Kier alpha value is -2.01. The fourth-order valence-corrected chi connectivity index (χ4v) is 1.56. The van der Waals surface area contributed by atoms with E-state index in [9.17, 15) is 9.59 Å². The molecule has 2 amide bonds. The first kappa shape index (κ1) is 12.4. The van der Waals surface area contributed by atoms with Gasteiger partial charge in [0, 0.05) is 10.6 Å². The number of anilines is 1. The lowest BCUT2D eigenvalue weighted by molar-refractivity contribution is -0.118. The van der Waals surface area contributed by atoms with Crippen molar-refractivity contribution in [2.45, 2.75) is 0 Å². The molecule has 1 aliphatic rings. The molecular weight excluding hydrogens is 256 g/mol. The number of fused-ring (bicyclic) bond motifs is 1. The summed E-state index contributed by atoms with van der Waals surface area (Å²) in [5.74, 6) is -0.00908. The summed E-state index contributed by atoms with van der Waals surface area (Å²) in [6, 6.07) is 4.79. The second-order valence-corrected chi connectivity index (χ2v) is 4.28. The van der Waals surface area contributed by atoms with Crippen LogP contribution in [0.4, 0.5) is 5.69 Å². The van der Waals surface area contributed by atoms with Crippen molar-refractivity contribution in [1.82, 2.24) is 5.32 Å². The first-order chi connectivity index (χ1) is 8.56. The third-order valence-corrected chi connectivity index (χ3v) is 2.45. The molecule has 0 spiro atoms. The number of amides is 2. The zero-order chi connectivity index (χ0) is 13.1. The van der Waals surface area contributed by atoms with Crippen molar-refractivity contribution in [2.24, 2.45) is 0 Å². The fourth-order valence-electron chi connectivity index (χ4n) is 1.49. The maximum absolute atomic E-state index is 11.7. The number of halogens is 1. The Morgan fingerprint density at radius 1 is 1.56 bits per heavy atom. The molecule has 5 nitrogen and oxygen atoms in total. The molecule has 0 aliphatic carbocycles. The SMILES string of the molecule is C=C(Cl)CNC(=O)c1ccc2c(c1)OCC(=O)N2. The minimum atomic E-state index is -0.278. The smallest absolute Gasteiger partial charge is 0.262 e. The first-order valence-corrected chi connectivity index (χ1v) is 5.62. The molecule has 0 unspecified atom stereocenters. The Morgan fingerprint density at radius 3 is 3.06 bits per heavy atom. The van der Waals surface area contributed by atoms with Crippen LogP contribution < -0.4 is 15.4 Å². The number of hydrogen-bond acceptors (Lipinski definition) is 3. The summed E-state index contributed by atoms with van der Waals surface area (Å²) in [4.78, 5) is 22.8. The molecule has 0 saturated carbocycles. The molecule has 6 heteroatoms. The van der Waals surface area contributed by atoms with E-state index < -0.39 is 0 Å². The quantitative estimate of drug-likeness (QED) is 0.871. The van der Waals surface area contributed by atoms with Crippen LogP contribution in [-0.2, 0) is 4.79 Å². The monoisotopic (exact) mass is 266 g/mol. The molecule has 1 aromatic rings. The van der Waals surface area contributed by atoms with Gasteiger partial charge in [-0.15, -0.1) is 0 Å². The van der Waals surface area contributed by atoms with E-state index in [0.717, 1.165) is 0 Å². The third kappa shape index (κ3) is 2.81. The van der Waals surface area contributed by atoms with Crippen molar-refractivity contribution in [3.63, 3.8) is 0 Å². The summed E-state index contributed by atoms with van der Waals surface area (Å²) in [6.07, 6.45) is 0. The molecule has 0 atom stereocenters. The molecule has 0 radical (unpaired) electrons. The van der Waals surface area contributed by atoms with Gasteiger partial charge in [0.15, 0.2) is 6.61 Å². The molecular formula is C12H11ClN2O3. The Kier molecular flexibility index (Phi) is 3.53. The summed E-state index contributed by atoms with van der Waals surface area (Å²) in [7, 11) is 0. The first-order valence-electron chi connectivity index (χ1n) is 5.24. The lowest BCUT2D eigenvalue weighted by atomic mass is 10.1. The fraction of sp³-hybridized carbons (Fsp3) is 0.167. The molecule has 2 rings (SSSR count). The Balaban J connectivity index is 2.13. The van der Waals surface area contributed by atoms with Gasteiger partial charge >= 0.3 is 0 Å². The second kappa shape index (κ2) is 5.10. The van der Waals surface area contributed by atoms with Crippen molar-refractivity contribution in [3.05, 3.63) is 35.4 Å². The van der Waals surface area contributed by atoms with Gasteiger partial charge in [-0.2, -0.15) is 0 Å². The van der Waals surface area contributed by atoms with Gasteiger partial charge < -0.3 is 15.4 Å². The van der Waals surface area contributed by atoms with Gasteiger partial charge in [-0.3, -0.25) is 9.59 Å². The Morgan fingerprint density at radius 2 is 2.33 bits per heavy atom. The van der Waals surface area contributed by atoms with Crippen LogP contribution in [0.2, 0.25) is 0 Å². The van der Waals surface area contributed by atoms with Gasteiger partial charge in [0.2, 0.25) is 0 Å². The molecule has 94 valence electrons. The Bertz CT molecular complexity index is 528. The number of carbonyl (C=O) groups excluding carboxylic acids is 2. The van der Waals surface area contributed by atoms with Crippen molar-refractivity contribution < 1.29 is 14.3 Å². The highest BCUT2D eigenvalue weighted by Gasteiger charge is 2.17. The van der Waals surface area contributed by atoms with E-state index in [0.29, 0.717) is 22.0 Å². The molecule has 18 heavy (non-hydrogen) atoms. The molecule has 0 bridgehead atoms. The van der Waals surface area contributed by atoms with Crippen LogP contribution in [0.25, 0.3) is 0 Å². The lowest BCUT2D eigenvalue weighted by Gasteiger charge is -2.18. The van der Waals surface area contributed by atoms with Gasteiger partial charge in [0.1, 0.15) is 5.75 Å². The Labute approximate surface area is 109 Å². The standard InChI is InChI=1S/C12H11ClN2O3/c1-7(13)5-14-12(17)8-2-3-9-10(4-8)18-6-11(16)15-9/h2-4H,1,5-6H2,(H,14,17)(H,15,16). The van der Waals surface area contributed by atoms with E-state index in [-0.39, 0.29) is 25.0 Å². The summed E-state index contributed by atoms with van der Waals surface area (Å²) in [5, 5.41) is 5.60. The number of ether oxygens (including phenoxy) is 1. The zero-order valence-electron chi connectivity index (χ0n) is 9.46. The molecule has 1 heterocycles. The minimum Gasteiger partial charge on any atom is -0.482 e. The van der Waals surface area contributed by atoms with E-state index in [1.54, 1.807) is 18.2 Å². The number of hydrogen-bond donors (Lipinski definition) is 2. The van der Waals surface area contributed by atoms with Crippen LogP contribution in [-0.4, -0.2) is 25.0 Å². The van der Waals surface area contributed by atoms with Gasteiger partial charge in [-0.1, -0.05) is 18.2 Å². The highest BCUT2D eigenvalue weighted by Crippen LogP contribution is 2.28. The van der Waals surface area contributed by atoms with Crippen LogP contribution in [0.3, 0.4) is 0 Å². The summed E-state index contributed by atoms with van der Waals surface area (Å²) < 4.78 is 5.22. The van der Waals surface area contributed by atoms with Crippen molar-refractivity contribution in [3.8, 4) is 5.75 Å². The largest absolute Gasteiger partial charge is 0.482 e. The van der Waals surface area contributed by atoms with Crippen LogP contribution in [0.1, 0.15) is 10.4 Å². The van der Waals surface area contributed by atoms with E-state index in [4.69, 9.17) is 16.3 Å². The van der Waals surface area contributed by atoms with E-state index >= 15 is 0 Å². The maximum atomic E-state index is 11.7. The highest BCUT2D eigenvalue weighted by atomic mass is 35.5. The van der Waals surface area contributed by atoms with Crippen molar-refractivity contribution in [2.75, 3.05) is 18.5 Å². The number of carbonyl (C=O) groups is 2. The highest BCUT2D eigenvalue weighted by molar-refractivity contribution is 6.29. The van der Waals surface area contributed by atoms with Gasteiger partial charge in [-0.05, 0) is 18.2 Å². The van der Waals surface area contributed by atoms with Crippen LogP contribution >= 0.6 is 11.6 Å². The molecule has 2 N–H and O–H groups in total. The van der Waals surface area contributed by atoms with E-state index in [1.807, 2.05) is 0 Å². The molecule has 0 aromatic heterocycles. The van der Waals surface area contributed by atoms with E-state index in [1.165, 1.54) is 0 Å². The molecule has 1 aliphatic heterocycles. The molecule has 1 aromatic carbocycles. The van der Waals surface area contributed by atoms with Crippen molar-refractivity contribution >= 4 is 29.1 Å². The lowest BCUT2D eigenvalue weighted by Crippen LogP contribution is -2.27. The third-order valence-electron chi connectivity index (χ3n) is 2.32. The van der Waals surface area contributed by atoms with Crippen LogP contribution in [0, 0.1) is 0 Å². The van der Waals surface area contributed by atoms with Crippen LogP contribution in [0.5, 0.6) is 5.75 Å². The minimum absolute atomic E-state index is 0.0451. The van der Waals surface area contributed by atoms with E-state index in [2.05, 4.69) is 17.2 Å².